The second kappa shape index (κ2) is 8.13. The molecule has 2 heterocycles. The van der Waals surface area contributed by atoms with E-state index in [4.69, 9.17) is 14.2 Å². The first-order valence-electron chi connectivity index (χ1n) is 8.25. The Morgan fingerprint density at radius 3 is 3.04 bits per heavy atom. The van der Waals surface area contributed by atoms with Gasteiger partial charge in [0.1, 0.15) is 12.4 Å². The molecule has 0 unspecified atom stereocenters. The smallest absolute Gasteiger partial charge is 0.316 e. The van der Waals surface area contributed by atoms with Crippen molar-refractivity contribution in [2.45, 2.75) is 17.6 Å². The average molecular weight is 418 g/mol. The number of rotatable bonds is 6. The molecule has 0 spiro atoms. The third kappa shape index (κ3) is 4.08. The number of hydrogen-bond acceptors (Lipinski definition) is 9. The van der Waals surface area contributed by atoms with Gasteiger partial charge in [0, 0.05) is 23.3 Å². The fourth-order valence-electron chi connectivity index (χ4n) is 2.73. The van der Waals surface area contributed by atoms with Crippen molar-refractivity contribution < 1.29 is 23.9 Å². The maximum Gasteiger partial charge on any atom is 0.316 e. The van der Waals surface area contributed by atoms with Crippen LogP contribution in [0.15, 0.2) is 40.7 Å². The Hall–Kier alpha value is -2.69. The first-order chi connectivity index (χ1) is 13.6. The molecule has 8 nitrogen and oxygen atoms in total. The summed E-state index contributed by atoms with van der Waals surface area (Å²) in [6.07, 6.45) is 0. The Kier molecular flexibility index (Phi) is 5.42. The molecule has 4 rings (SSSR count). The molecule has 0 atom stereocenters. The van der Waals surface area contributed by atoms with Crippen LogP contribution in [0.3, 0.4) is 0 Å². The molecule has 2 aromatic carbocycles. The van der Waals surface area contributed by atoms with Crippen molar-refractivity contribution >= 4 is 45.0 Å². The number of hydrogen-bond donors (Lipinski definition) is 0. The number of fused-ring (bicyclic) bond motifs is 2. The van der Waals surface area contributed by atoms with Crippen molar-refractivity contribution in [3.05, 3.63) is 57.6 Å². The fourth-order valence-corrected chi connectivity index (χ4v) is 4.59. The van der Waals surface area contributed by atoms with Crippen molar-refractivity contribution in [3.63, 3.8) is 0 Å². The molecular weight excluding hydrogens is 404 g/mol. The standard InChI is InChI=1S/C18H14N2O6S2/c21-16(9-27-18-19-14-3-1-2-4-15(14)28-18)25-8-12-6-13(20(22)23)5-11-7-24-10-26-17(11)12/h1-6H,7-10H2. The lowest BCUT2D eigenvalue weighted by atomic mass is 10.1. The van der Waals surface area contributed by atoms with Crippen LogP contribution < -0.4 is 4.74 Å². The van der Waals surface area contributed by atoms with Crippen LogP contribution in [-0.2, 0) is 27.5 Å². The minimum absolute atomic E-state index is 0.0548. The Morgan fingerprint density at radius 1 is 1.36 bits per heavy atom. The first kappa shape index (κ1) is 18.7. The number of nitro groups is 1. The summed E-state index contributed by atoms with van der Waals surface area (Å²) in [5.41, 5.74) is 1.81. The van der Waals surface area contributed by atoms with Gasteiger partial charge in [0.25, 0.3) is 5.69 Å². The Bertz CT molecular complexity index is 1020. The number of para-hydroxylation sites is 1. The van der Waals surface area contributed by atoms with Gasteiger partial charge >= 0.3 is 5.97 Å². The molecule has 0 bridgehead atoms. The summed E-state index contributed by atoms with van der Waals surface area (Å²) in [6, 6.07) is 10.5. The van der Waals surface area contributed by atoms with Gasteiger partial charge in [-0.15, -0.1) is 11.3 Å². The predicted octanol–water partition coefficient (Wildman–Crippen LogP) is 3.91. The van der Waals surface area contributed by atoms with Crippen molar-refractivity contribution in [3.8, 4) is 5.75 Å². The van der Waals surface area contributed by atoms with Crippen LogP contribution in [0.1, 0.15) is 11.1 Å². The lowest BCUT2D eigenvalue weighted by Gasteiger charge is -2.20. The fraction of sp³-hybridized carbons (Fsp3) is 0.222. The van der Waals surface area contributed by atoms with Crippen LogP contribution in [-0.4, -0.2) is 28.4 Å². The number of thioether (sulfide) groups is 1. The molecule has 0 fully saturated rings. The normalized spacial score (nSPS) is 13.0. The number of esters is 1. The van der Waals surface area contributed by atoms with Gasteiger partial charge in [0.2, 0.25) is 0 Å². The lowest BCUT2D eigenvalue weighted by molar-refractivity contribution is -0.385. The molecule has 0 saturated carbocycles. The summed E-state index contributed by atoms with van der Waals surface area (Å²) < 4.78 is 17.7. The van der Waals surface area contributed by atoms with E-state index in [2.05, 4.69) is 4.98 Å². The van der Waals surface area contributed by atoms with Gasteiger partial charge in [-0.3, -0.25) is 14.9 Å². The minimum Gasteiger partial charge on any atom is -0.467 e. The maximum atomic E-state index is 12.1. The summed E-state index contributed by atoms with van der Waals surface area (Å²) >= 11 is 2.81. The number of non-ortho nitro benzene ring substituents is 1. The Balaban J connectivity index is 1.40. The molecule has 0 radical (unpaired) electrons. The molecule has 10 heteroatoms. The van der Waals surface area contributed by atoms with Gasteiger partial charge in [-0.05, 0) is 12.1 Å². The van der Waals surface area contributed by atoms with Gasteiger partial charge in [0.15, 0.2) is 11.1 Å². The highest BCUT2D eigenvalue weighted by molar-refractivity contribution is 8.01. The quantitative estimate of drug-likeness (QED) is 0.257. The van der Waals surface area contributed by atoms with Gasteiger partial charge in [-0.1, -0.05) is 23.9 Å². The molecule has 0 amide bonds. The highest BCUT2D eigenvalue weighted by Crippen LogP contribution is 2.33. The number of nitrogens with zero attached hydrogens (tertiary/aromatic N) is 2. The number of aromatic nitrogens is 1. The lowest BCUT2D eigenvalue weighted by Crippen LogP contribution is -2.15. The van der Waals surface area contributed by atoms with Crippen molar-refractivity contribution in [2.24, 2.45) is 0 Å². The molecule has 144 valence electrons. The molecule has 1 aromatic heterocycles. The van der Waals surface area contributed by atoms with Crippen LogP contribution in [0.4, 0.5) is 5.69 Å². The zero-order chi connectivity index (χ0) is 19.5. The molecule has 3 aromatic rings. The number of carbonyl (C=O) groups is 1. The van der Waals surface area contributed by atoms with E-state index in [-0.39, 0.29) is 31.4 Å². The van der Waals surface area contributed by atoms with Gasteiger partial charge in [0.05, 0.1) is 27.5 Å². The molecule has 28 heavy (non-hydrogen) atoms. The third-order valence-corrected chi connectivity index (χ3v) is 6.11. The molecule has 0 saturated heterocycles. The van der Waals surface area contributed by atoms with Gasteiger partial charge < -0.3 is 14.2 Å². The maximum absolute atomic E-state index is 12.1. The molecule has 0 aliphatic carbocycles. The van der Waals surface area contributed by atoms with Crippen molar-refractivity contribution in [1.29, 1.82) is 0 Å². The number of benzene rings is 2. The number of thiazole rings is 1. The van der Waals surface area contributed by atoms with Crippen LogP contribution in [0, 0.1) is 10.1 Å². The second-order valence-electron chi connectivity index (χ2n) is 5.86. The highest BCUT2D eigenvalue weighted by Gasteiger charge is 2.22. The summed E-state index contributed by atoms with van der Waals surface area (Å²) in [5.74, 6) is 0.140. The SMILES string of the molecule is O=C(CSc1nc2ccccc2s1)OCc1cc([N+](=O)[O-])cc2c1OCOC2. The van der Waals surface area contributed by atoms with E-state index >= 15 is 0 Å². The van der Waals surface area contributed by atoms with E-state index in [0.717, 1.165) is 14.6 Å². The van der Waals surface area contributed by atoms with Gasteiger partial charge in [-0.25, -0.2) is 4.98 Å². The third-order valence-electron chi connectivity index (χ3n) is 3.96. The number of carbonyl (C=O) groups excluding carboxylic acids is 1. The van der Waals surface area contributed by atoms with E-state index < -0.39 is 10.9 Å². The monoisotopic (exact) mass is 418 g/mol. The van der Waals surface area contributed by atoms with E-state index in [1.165, 1.54) is 35.2 Å². The largest absolute Gasteiger partial charge is 0.467 e. The van der Waals surface area contributed by atoms with Crippen LogP contribution >= 0.6 is 23.1 Å². The molecule has 0 N–H and O–H groups in total. The number of nitro benzene ring substituents is 1. The van der Waals surface area contributed by atoms with Crippen LogP contribution in [0.2, 0.25) is 0 Å². The summed E-state index contributed by atoms with van der Waals surface area (Å²) in [6.45, 7) is 0.161. The average Bonchev–Trinajstić information content (AvgIpc) is 3.13. The molecular formula is C18H14N2O6S2. The predicted molar refractivity (Wildman–Crippen MR) is 104 cm³/mol. The minimum atomic E-state index is -0.497. The van der Waals surface area contributed by atoms with E-state index in [1.807, 2.05) is 24.3 Å². The van der Waals surface area contributed by atoms with Gasteiger partial charge in [-0.2, -0.15) is 0 Å². The zero-order valence-corrected chi connectivity index (χ0v) is 16.1. The van der Waals surface area contributed by atoms with Crippen LogP contribution in [0.25, 0.3) is 10.2 Å². The first-order valence-corrected chi connectivity index (χ1v) is 10.0. The van der Waals surface area contributed by atoms with E-state index in [0.29, 0.717) is 16.9 Å². The van der Waals surface area contributed by atoms with Crippen molar-refractivity contribution in [2.75, 3.05) is 12.5 Å². The Labute approximate surface area is 167 Å². The second-order valence-corrected chi connectivity index (χ2v) is 8.11. The summed E-state index contributed by atoms with van der Waals surface area (Å²) in [7, 11) is 0. The zero-order valence-electron chi connectivity index (χ0n) is 14.5. The van der Waals surface area contributed by atoms with Crippen molar-refractivity contribution in [1.82, 2.24) is 4.98 Å². The van der Waals surface area contributed by atoms with E-state index in [9.17, 15) is 14.9 Å². The molecule has 1 aliphatic heterocycles. The van der Waals surface area contributed by atoms with Crippen LogP contribution in [0.5, 0.6) is 5.75 Å². The topological polar surface area (TPSA) is 101 Å². The van der Waals surface area contributed by atoms with E-state index in [1.54, 1.807) is 0 Å². The summed E-state index contributed by atoms with van der Waals surface area (Å²) in [4.78, 5) is 27.2. The highest BCUT2D eigenvalue weighted by atomic mass is 32.2. The summed E-state index contributed by atoms with van der Waals surface area (Å²) in [5, 5.41) is 11.1. The number of ether oxygens (including phenoxy) is 3. The molecule has 1 aliphatic rings. The Morgan fingerprint density at radius 2 is 2.21 bits per heavy atom.